The Kier molecular flexibility index (Phi) is 2.66. The lowest BCUT2D eigenvalue weighted by molar-refractivity contribution is -0.130. The van der Waals surface area contributed by atoms with E-state index in [0.717, 1.165) is 19.3 Å². The van der Waals surface area contributed by atoms with Crippen molar-refractivity contribution in [3.05, 3.63) is 0 Å². The normalized spacial score (nSPS) is 26.3. The molecule has 0 aliphatic carbocycles. The molecule has 2 rings (SSSR count). The number of nitrogens with zero attached hydrogens (tertiary/aromatic N) is 2. The van der Waals surface area contributed by atoms with Crippen molar-refractivity contribution in [3.8, 4) is 0 Å². The van der Waals surface area contributed by atoms with E-state index in [1.165, 1.54) is 4.90 Å². The van der Waals surface area contributed by atoms with Crippen molar-refractivity contribution in [2.75, 3.05) is 13.1 Å². The molecule has 3 amide bonds. The summed E-state index contributed by atoms with van der Waals surface area (Å²) in [6.07, 6.45) is 2.72. The number of rotatable bonds is 2. The molecule has 5 nitrogen and oxygen atoms in total. The Bertz CT molecular complexity index is 298. The number of aliphatic hydroxyl groups is 1. The Hall–Kier alpha value is -1.10. The predicted molar refractivity (Wildman–Crippen MR) is 57.8 cm³/mol. The van der Waals surface area contributed by atoms with Crippen LogP contribution in [0.5, 0.6) is 0 Å². The Morgan fingerprint density at radius 2 is 2.06 bits per heavy atom. The van der Waals surface area contributed by atoms with E-state index in [2.05, 4.69) is 0 Å². The molecule has 0 spiro atoms. The van der Waals surface area contributed by atoms with E-state index in [1.54, 1.807) is 18.7 Å². The van der Waals surface area contributed by atoms with Crippen LogP contribution in [0.1, 0.15) is 33.1 Å². The first-order chi connectivity index (χ1) is 7.40. The number of carbonyl (C=O) groups excluding carboxylic acids is 2. The maximum atomic E-state index is 12.0. The Morgan fingerprint density at radius 3 is 2.62 bits per heavy atom. The van der Waals surface area contributed by atoms with Gasteiger partial charge in [0.2, 0.25) is 0 Å². The Morgan fingerprint density at radius 1 is 1.38 bits per heavy atom. The number of amides is 3. The van der Waals surface area contributed by atoms with E-state index in [0.29, 0.717) is 6.54 Å². The molecule has 5 heteroatoms. The molecule has 0 aromatic rings. The summed E-state index contributed by atoms with van der Waals surface area (Å²) in [7, 11) is 0. The van der Waals surface area contributed by atoms with Gasteiger partial charge in [-0.05, 0) is 33.1 Å². The minimum atomic E-state index is -1.03. The predicted octanol–water partition coefficient (Wildman–Crippen LogP) is 0.574. The minimum Gasteiger partial charge on any atom is -0.389 e. The highest BCUT2D eigenvalue weighted by Gasteiger charge is 2.46. The van der Waals surface area contributed by atoms with Crippen LogP contribution >= 0.6 is 0 Å². The first-order valence-electron chi connectivity index (χ1n) is 5.74. The Balaban J connectivity index is 2.15. The molecule has 16 heavy (non-hydrogen) atoms. The second-order valence-corrected chi connectivity index (χ2v) is 5.22. The molecule has 2 aliphatic heterocycles. The maximum Gasteiger partial charge on any atom is 0.327 e. The summed E-state index contributed by atoms with van der Waals surface area (Å²) in [6, 6.07) is -0.513. The average Bonchev–Trinajstić information content (AvgIpc) is 2.43. The van der Waals surface area contributed by atoms with Gasteiger partial charge >= 0.3 is 6.03 Å². The van der Waals surface area contributed by atoms with Crippen LogP contribution in [0.25, 0.3) is 0 Å². The van der Waals surface area contributed by atoms with Gasteiger partial charge in [0, 0.05) is 6.54 Å². The molecule has 2 fully saturated rings. The third-order valence-corrected chi connectivity index (χ3v) is 3.08. The molecule has 2 aliphatic rings. The van der Waals surface area contributed by atoms with Crippen LogP contribution in [0.4, 0.5) is 4.79 Å². The monoisotopic (exact) mass is 226 g/mol. The molecule has 0 aromatic carbocycles. The molecule has 0 saturated carbocycles. The smallest absolute Gasteiger partial charge is 0.327 e. The van der Waals surface area contributed by atoms with Crippen LogP contribution in [0, 0.1) is 0 Å². The zero-order valence-corrected chi connectivity index (χ0v) is 9.77. The second kappa shape index (κ2) is 3.73. The summed E-state index contributed by atoms with van der Waals surface area (Å²) in [5.41, 5.74) is -1.03. The molecule has 0 bridgehead atoms. The third-order valence-electron chi connectivity index (χ3n) is 3.08. The highest BCUT2D eigenvalue weighted by atomic mass is 16.3. The van der Waals surface area contributed by atoms with Crippen LogP contribution in [0.2, 0.25) is 0 Å². The lowest BCUT2D eigenvalue weighted by Gasteiger charge is -2.26. The van der Waals surface area contributed by atoms with E-state index in [-0.39, 0.29) is 24.5 Å². The van der Waals surface area contributed by atoms with Crippen molar-refractivity contribution in [1.82, 2.24) is 9.80 Å². The van der Waals surface area contributed by atoms with Gasteiger partial charge in [-0.3, -0.25) is 9.69 Å². The number of imide groups is 1. The summed E-state index contributed by atoms with van der Waals surface area (Å²) in [6.45, 7) is 3.95. The minimum absolute atomic E-state index is 0.0810. The molecule has 1 atom stereocenters. The Labute approximate surface area is 95.0 Å². The summed E-state index contributed by atoms with van der Waals surface area (Å²) in [5, 5.41) is 9.68. The number of hydrogen-bond acceptors (Lipinski definition) is 3. The van der Waals surface area contributed by atoms with Gasteiger partial charge in [-0.2, -0.15) is 0 Å². The lowest BCUT2D eigenvalue weighted by Crippen LogP contribution is -2.43. The zero-order valence-electron chi connectivity index (χ0n) is 9.77. The standard InChI is InChI=1S/C11H18N2O3/c1-11(2,16)7-13-9(14)8-5-3-4-6-12(8)10(13)15/h8,16H,3-7H2,1-2H3. The average molecular weight is 226 g/mol. The van der Waals surface area contributed by atoms with E-state index in [9.17, 15) is 14.7 Å². The third kappa shape index (κ3) is 1.91. The van der Waals surface area contributed by atoms with Crippen LogP contribution < -0.4 is 0 Å². The largest absolute Gasteiger partial charge is 0.389 e. The van der Waals surface area contributed by atoms with Gasteiger partial charge in [0.25, 0.3) is 5.91 Å². The van der Waals surface area contributed by atoms with Crippen molar-refractivity contribution in [1.29, 1.82) is 0 Å². The van der Waals surface area contributed by atoms with Crippen LogP contribution in [0.3, 0.4) is 0 Å². The number of hydrogen-bond donors (Lipinski definition) is 1. The van der Waals surface area contributed by atoms with Crippen molar-refractivity contribution < 1.29 is 14.7 Å². The number of β-amino-alcohol motifs (C(OH)–C–C–N with tert-alkyl or cyclic N) is 1. The van der Waals surface area contributed by atoms with Crippen LogP contribution in [0.15, 0.2) is 0 Å². The number of urea groups is 1. The van der Waals surface area contributed by atoms with Gasteiger partial charge in [0.05, 0.1) is 12.1 Å². The molecule has 2 heterocycles. The van der Waals surface area contributed by atoms with E-state index >= 15 is 0 Å². The molecule has 0 aromatic heterocycles. The number of carbonyl (C=O) groups is 2. The highest BCUT2D eigenvalue weighted by Crippen LogP contribution is 2.27. The number of piperidine rings is 1. The topological polar surface area (TPSA) is 60.9 Å². The van der Waals surface area contributed by atoms with E-state index < -0.39 is 5.60 Å². The zero-order chi connectivity index (χ0) is 11.9. The maximum absolute atomic E-state index is 12.0. The van der Waals surface area contributed by atoms with Crippen molar-refractivity contribution in [3.63, 3.8) is 0 Å². The van der Waals surface area contributed by atoms with Gasteiger partial charge < -0.3 is 10.0 Å². The molecule has 90 valence electrons. The fourth-order valence-electron chi connectivity index (χ4n) is 2.38. The molecular formula is C11H18N2O3. The fraction of sp³-hybridized carbons (Fsp3) is 0.818. The first-order valence-corrected chi connectivity index (χ1v) is 5.74. The molecule has 0 radical (unpaired) electrons. The van der Waals surface area contributed by atoms with Gasteiger partial charge in [-0.25, -0.2) is 4.79 Å². The van der Waals surface area contributed by atoms with E-state index in [4.69, 9.17) is 0 Å². The quantitative estimate of drug-likeness (QED) is 0.700. The number of fused-ring (bicyclic) bond motifs is 1. The van der Waals surface area contributed by atoms with Gasteiger partial charge in [0.1, 0.15) is 6.04 Å². The summed E-state index contributed by atoms with van der Waals surface area (Å²) in [5.74, 6) is -0.146. The first kappa shape index (κ1) is 11.4. The van der Waals surface area contributed by atoms with Crippen molar-refractivity contribution in [2.45, 2.75) is 44.8 Å². The molecule has 2 saturated heterocycles. The fourth-order valence-corrected chi connectivity index (χ4v) is 2.38. The van der Waals surface area contributed by atoms with Crippen molar-refractivity contribution >= 4 is 11.9 Å². The summed E-state index contributed by atoms with van der Waals surface area (Å²) in [4.78, 5) is 26.8. The van der Waals surface area contributed by atoms with Crippen LogP contribution in [-0.2, 0) is 4.79 Å². The lowest BCUT2D eigenvalue weighted by atomic mass is 10.0. The van der Waals surface area contributed by atoms with Gasteiger partial charge in [-0.1, -0.05) is 0 Å². The highest BCUT2D eigenvalue weighted by molar-refractivity contribution is 6.04. The van der Waals surface area contributed by atoms with Gasteiger partial charge in [-0.15, -0.1) is 0 Å². The summed E-state index contributed by atoms with van der Waals surface area (Å²) < 4.78 is 0. The second-order valence-electron chi connectivity index (χ2n) is 5.22. The SMILES string of the molecule is CC(C)(O)CN1C(=O)C2CCCCN2C1=O. The van der Waals surface area contributed by atoms with Crippen LogP contribution in [-0.4, -0.2) is 51.6 Å². The van der Waals surface area contributed by atoms with Gasteiger partial charge in [0.15, 0.2) is 0 Å². The molecule has 1 N–H and O–H groups in total. The van der Waals surface area contributed by atoms with E-state index in [1.807, 2.05) is 0 Å². The summed E-state index contributed by atoms with van der Waals surface area (Å²) >= 11 is 0. The molecular weight excluding hydrogens is 208 g/mol. The van der Waals surface area contributed by atoms with Crippen molar-refractivity contribution in [2.24, 2.45) is 0 Å². The molecule has 1 unspecified atom stereocenters.